The van der Waals surface area contributed by atoms with Gasteiger partial charge in [-0.3, -0.25) is 4.79 Å². The molecule has 3 saturated heterocycles. The smallest absolute Gasteiger partial charge is 0.315 e. The lowest BCUT2D eigenvalue weighted by atomic mass is 9.36. The van der Waals surface area contributed by atoms with Gasteiger partial charge in [0.2, 0.25) is 6.29 Å². The van der Waals surface area contributed by atoms with Gasteiger partial charge in [-0.1, -0.05) is 46.3 Å². The van der Waals surface area contributed by atoms with E-state index in [1.54, 1.807) is 6.92 Å². The van der Waals surface area contributed by atoms with Crippen molar-refractivity contribution < 1.29 is 99.6 Å². The van der Waals surface area contributed by atoms with Gasteiger partial charge in [0, 0.05) is 11.3 Å². The van der Waals surface area contributed by atoms with Crippen molar-refractivity contribution >= 4 is 5.97 Å². The maximum Gasteiger partial charge on any atom is 0.315 e. The van der Waals surface area contributed by atoms with Gasteiger partial charge in [0.25, 0.3) is 0 Å². The normalized spacial score (nSPS) is 56.7. The third-order valence-corrected chi connectivity index (χ3v) is 18.8. The van der Waals surface area contributed by atoms with Crippen molar-refractivity contribution in [3.63, 3.8) is 0 Å². The molecule has 20 heteroatoms. The molecule has 28 atom stereocenters. The van der Waals surface area contributed by atoms with Crippen LogP contribution in [0.2, 0.25) is 0 Å². The molecule has 0 radical (unpaired) electrons. The highest BCUT2D eigenvalue weighted by Gasteiger charge is 2.70. The van der Waals surface area contributed by atoms with Crippen molar-refractivity contribution in [2.45, 2.75) is 197 Å². The van der Waals surface area contributed by atoms with Crippen LogP contribution in [0.5, 0.6) is 0 Å². The minimum atomic E-state index is -1.88. The van der Waals surface area contributed by atoms with Crippen LogP contribution in [0.25, 0.3) is 0 Å². The Kier molecular flexibility index (Phi) is 14.6. The zero-order valence-corrected chi connectivity index (χ0v) is 39.2. The van der Waals surface area contributed by atoms with Crippen LogP contribution >= 0.6 is 0 Å². The van der Waals surface area contributed by atoms with Gasteiger partial charge in [-0.15, -0.1) is 0 Å². The molecule has 0 aromatic rings. The number of hydrogen-bond acceptors (Lipinski definition) is 20. The average Bonchev–Trinajstić information content (AvgIpc) is 3.28. The van der Waals surface area contributed by atoms with E-state index in [2.05, 4.69) is 33.8 Å². The molecule has 13 N–H and O–H groups in total. The largest absolute Gasteiger partial charge is 0.432 e. The molecule has 8 aliphatic rings. The van der Waals surface area contributed by atoms with Gasteiger partial charge in [-0.25, -0.2) is 0 Å². The van der Waals surface area contributed by atoms with Crippen LogP contribution in [-0.2, 0) is 33.2 Å². The van der Waals surface area contributed by atoms with E-state index < -0.39 is 164 Å². The van der Waals surface area contributed by atoms with E-state index in [0.717, 1.165) is 5.57 Å². The van der Waals surface area contributed by atoms with Gasteiger partial charge in [0.1, 0.15) is 67.1 Å². The summed E-state index contributed by atoms with van der Waals surface area (Å²) < 4.78 is 34.6. The van der Waals surface area contributed by atoms with E-state index in [9.17, 15) is 71.2 Å². The summed E-state index contributed by atoms with van der Waals surface area (Å²) in [5.41, 5.74) is -2.17. The molecule has 7 fully saturated rings. The third-order valence-electron chi connectivity index (χ3n) is 18.8. The molecule has 384 valence electrons. The number of esters is 1. The van der Waals surface area contributed by atoms with Crippen molar-refractivity contribution in [2.75, 3.05) is 19.8 Å². The van der Waals surface area contributed by atoms with E-state index in [0.29, 0.717) is 38.5 Å². The van der Waals surface area contributed by atoms with Crippen molar-refractivity contribution in [3.8, 4) is 0 Å². The number of aliphatic hydroxyl groups is 13. The molecule has 5 aliphatic carbocycles. The van der Waals surface area contributed by atoms with Crippen molar-refractivity contribution in [2.24, 2.45) is 57.2 Å². The Hall–Kier alpha value is -1.51. The molecule has 6 unspecified atom stereocenters. The van der Waals surface area contributed by atoms with Gasteiger partial charge >= 0.3 is 5.97 Å². The van der Waals surface area contributed by atoms with Crippen molar-refractivity contribution in [3.05, 3.63) is 11.6 Å². The Bertz CT molecular complexity index is 1810. The molecule has 0 aromatic heterocycles. The molecule has 67 heavy (non-hydrogen) atoms. The SMILES string of the molecule is CC1CC[C@]2(C(=O)O[C@@H]3O[C@@H](CO[C@@H]4O[C@H](CO)[C@@H](O[C@@H]5O[C@H](C)[C@H](O)[C@@H](O)[C@H]5O)[C@H](O)[C@H]4O)[C@@H](O)[C@H](O)[C@H]3O)CCC3C(=CCC4[C@@]3(C)C[C@@H](O)C3[C@]4(C)CC(O)[C@H](O)[C@@]3(C)CO)C2[C@H]1C. The highest BCUT2D eigenvalue weighted by molar-refractivity contribution is 5.79. The first-order valence-electron chi connectivity index (χ1n) is 24.3. The summed E-state index contributed by atoms with van der Waals surface area (Å²) in [4.78, 5) is 14.9. The van der Waals surface area contributed by atoms with Crippen LogP contribution in [-0.4, -0.2) is 203 Å². The average molecular weight is 961 g/mol. The number of allylic oxidation sites excluding steroid dienone is 2. The number of carbonyl (C=O) groups is 1. The number of aliphatic hydroxyl groups excluding tert-OH is 13. The summed E-state index contributed by atoms with van der Waals surface area (Å²) in [6.07, 6.45) is -22.0. The van der Waals surface area contributed by atoms with Crippen LogP contribution in [0.3, 0.4) is 0 Å². The molecule has 0 spiro atoms. The first-order chi connectivity index (χ1) is 31.4. The third kappa shape index (κ3) is 8.18. The first-order valence-corrected chi connectivity index (χ1v) is 24.3. The lowest BCUT2D eigenvalue weighted by molar-refractivity contribution is -0.361. The number of hydrogen-bond donors (Lipinski definition) is 13. The molecule has 3 aliphatic heterocycles. The summed E-state index contributed by atoms with van der Waals surface area (Å²) in [6, 6.07) is 0. The lowest BCUT2D eigenvalue weighted by Gasteiger charge is -2.69. The number of ether oxygens (including phenoxy) is 6. The number of carbonyl (C=O) groups excluding carboxylic acids is 1. The Morgan fingerprint density at radius 1 is 0.701 bits per heavy atom. The summed E-state index contributed by atoms with van der Waals surface area (Å²) in [5.74, 6) is -1.23. The van der Waals surface area contributed by atoms with Crippen LogP contribution in [0.15, 0.2) is 11.6 Å². The minimum absolute atomic E-state index is 0.00997. The molecule has 3 heterocycles. The standard InChI is InChI=1S/C47H76O20/c1-18-9-11-47(12-10-22-21(28(47)19(18)2)7-8-27-44(22,4)13-23(50)38-45(27,5)14-24(51)39(60)46(38,6)17-49)43(61)67-42-35(58)32(55)30(53)26(65-42)16-62-40-36(59)33(56)37(25(15-48)64-40)66-41-34(57)31(54)29(52)20(3)63-41/h7,18-20,22-42,48-60H,8-17H2,1-6H3/t18?,19-,20+,22?,23+,24?,25+,26-,27?,28?,29-,30+,31+,32-,33+,34+,35+,36+,37+,38?,39-,40+,41-,42-,44-,45+,46-,47-/m0/s1. The zero-order valence-electron chi connectivity index (χ0n) is 39.2. The predicted octanol–water partition coefficient (Wildman–Crippen LogP) is -2.45. The second kappa shape index (κ2) is 18.8. The maximum atomic E-state index is 14.9. The van der Waals surface area contributed by atoms with Crippen molar-refractivity contribution in [1.29, 1.82) is 0 Å². The number of rotatable bonds is 9. The number of fused-ring (bicyclic) bond motifs is 7. The van der Waals surface area contributed by atoms with Crippen LogP contribution in [0.1, 0.15) is 86.5 Å². The Morgan fingerprint density at radius 3 is 1.99 bits per heavy atom. The highest BCUT2D eigenvalue weighted by Crippen LogP contribution is 2.72. The van der Waals surface area contributed by atoms with Crippen molar-refractivity contribution in [1.82, 2.24) is 0 Å². The van der Waals surface area contributed by atoms with Gasteiger partial charge in [-0.2, -0.15) is 0 Å². The summed E-state index contributed by atoms with van der Waals surface area (Å²) in [5, 5.41) is 141. The topological polar surface area (TPSA) is 335 Å². The van der Waals surface area contributed by atoms with Crippen LogP contribution < -0.4 is 0 Å². The Labute approximate surface area is 390 Å². The van der Waals surface area contributed by atoms with Crippen LogP contribution in [0.4, 0.5) is 0 Å². The first kappa shape index (κ1) is 51.8. The van der Waals surface area contributed by atoms with Gasteiger partial charge in [-0.05, 0) is 92.3 Å². The zero-order chi connectivity index (χ0) is 49.0. The summed E-state index contributed by atoms with van der Waals surface area (Å²) in [6.45, 7) is 9.90. The molecule has 20 nitrogen and oxygen atoms in total. The fourth-order valence-electron chi connectivity index (χ4n) is 15.1. The molecular weight excluding hydrogens is 884 g/mol. The highest BCUT2D eigenvalue weighted by atomic mass is 16.8. The van der Waals surface area contributed by atoms with Crippen LogP contribution in [0, 0.1) is 57.2 Å². The van der Waals surface area contributed by atoms with E-state index in [1.165, 1.54) is 6.92 Å². The molecule has 4 saturated carbocycles. The second-order valence-electron chi connectivity index (χ2n) is 22.5. The predicted molar refractivity (Wildman–Crippen MR) is 228 cm³/mol. The van der Waals surface area contributed by atoms with E-state index in [-0.39, 0.29) is 36.0 Å². The lowest BCUT2D eigenvalue weighted by Crippen LogP contribution is -2.70. The fraction of sp³-hybridized carbons (Fsp3) is 0.936. The Morgan fingerprint density at radius 2 is 1.31 bits per heavy atom. The molecule has 0 aromatic carbocycles. The fourth-order valence-corrected chi connectivity index (χ4v) is 15.1. The minimum Gasteiger partial charge on any atom is -0.432 e. The second-order valence-corrected chi connectivity index (χ2v) is 22.5. The van der Waals surface area contributed by atoms with E-state index in [1.807, 2.05) is 0 Å². The molecular formula is C47H76O20. The maximum absolute atomic E-state index is 14.9. The van der Waals surface area contributed by atoms with Gasteiger partial charge in [0.05, 0.1) is 49.7 Å². The summed E-state index contributed by atoms with van der Waals surface area (Å²) in [7, 11) is 0. The van der Waals surface area contributed by atoms with E-state index in [4.69, 9.17) is 28.4 Å². The molecule has 0 amide bonds. The monoisotopic (exact) mass is 960 g/mol. The Balaban J connectivity index is 0.979. The molecule has 8 rings (SSSR count). The summed E-state index contributed by atoms with van der Waals surface area (Å²) >= 11 is 0. The van der Waals surface area contributed by atoms with E-state index >= 15 is 0 Å². The quantitative estimate of drug-likeness (QED) is 0.0843. The molecule has 0 bridgehead atoms. The van der Waals surface area contributed by atoms with Gasteiger partial charge in [0.15, 0.2) is 12.6 Å². The van der Waals surface area contributed by atoms with Gasteiger partial charge < -0.3 is 94.8 Å².